The third-order valence-corrected chi connectivity index (χ3v) is 4.11. The fourth-order valence-corrected chi connectivity index (χ4v) is 2.59. The summed E-state index contributed by atoms with van der Waals surface area (Å²) in [7, 11) is 0. The number of rotatable bonds is 9. The largest absolute Gasteiger partial charge is 0.431 e. The van der Waals surface area contributed by atoms with Gasteiger partial charge in [-0.25, -0.2) is 4.39 Å². The van der Waals surface area contributed by atoms with E-state index in [0.29, 0.717) is 0 Å². The summed E-state index contributed by atoms with van der Waals surface area (Å²) in [5.74, 6) is -3.99. The van der Waals surface area contributed by atoms with E-state index in [-0.39, 0.29) is 11.5 Å². The number of hydrogen-bond donors (Lipinski definition) is 1. The van der Waals surface area contributed by atoms with Crippen LogP contribution < -0.4 is 5.73 Å². The standard InChI is InChI=1S/C12H14F10NOS/c13-9(11(17,18)19,12(20,21)22)6-7(10(14,15)16)2-1-4-25-5-3-8(23)24/h3,7H,1-2,4-6H2,(H2,23,24). The van der Waals surface area contributed by atoms with Crippen molar-refractivity contribution in [1.29, 1.82) is 0 Å². The number of carbonyl (C=O) groups excluding carboxylic acids is 1. The van der Waals surface area contributed by atoms with Crippen LogP contribution in [0.5, 0.6) is 0 Å². The van der Waals surface area contributed by atoms with Crippen LogP contribution in [0.3, 0.4) is 0 Å². The van der Waals surface area contributed by atoms with Crippen molar-refractivity contribution in [1.82, 2.24) is 0 Å². The van der Waals surface area contributed by atoms with Gasteiger partial charge in [0.2, 0.25) is 5.91 Å². The molecule has 2 N–H and O–H groups in total. The summed E-state index contributed by atoms with van der Waals surface area (Å²) in [5, 5.41) is 0. The lowest BCUT2D eigenvalue weighted by Crippen LogP contribution is -2.55. The van der Waals surface area contributed by atoms with Crippen LogP contribution in [0.1, 0.15) is 19.3 Å². The molecule has 0 aromatic heterocycles. The maximum Gasteiger partial charge on any atom is 0.431 e. The quantitative estimate of drug-likeness (QED) is 0.446. The molecule has 1 amide bonds. The Morgan fingerprint density at radius 2 is 1.44 bits per heavy atom. The van der Waals surface area contributed by atoms with Crippen molar-refractivity contribution >= 4 is 17.7 Å². The second kappa shape index (κ2) is 8.67. The van der Waals surface area contributed by atoms with Gasteiger partial charge in [0.25, 0.3) is 5.67 Å². The molecular formula is C12H14F10NOS. The molecule has 2 nitrogen and oxygen atoms in total. The van der Waals surface area contributed by atoms with Crippen LogP contribution >= 0.6 is 11.8 Å². The minimum atomic E-state index is -6.53. The Labute approximate surface area is 140 Å². The van der Waals surface area contributed by atoms with E-state index in [1.165, 1.54) is 0 Å². The minimum Gasteiger partial charge on any atom is -0.369 e. The number of amides is 1. The summed E-state index contributed by atoms with van der Waals surface area (Å²) in [5.41, 5.74) is -1.20. The molecular weight excluding hydrogens is 396 g/mol. The third-order valence-electron chi connectivity index (χ3n) is 3.13. The summed E-state index contributed by atoms with van der Waals surface area (Å²) >= 11 is 0.901. The van der Waals surface area contributed by atoms with Gasteiger partial charge in [0.15, 0.2) is 0 Å². The van der Waals surface area contributed by atoms with Crippen LogP contribution in [-0.2, 0) is 4.79 Å². The number of carbonyl (C=O) groups is 1. The molecule has 0 aromatic carbocycles. The Bertz CT molecular complexity index is 417. The molecule has 0 saturated heterocycles. The average Bonchev–Trinajstić information content (AvgIpc) is 2.36. The number of thioether (sulfide) groups is 1. The number of halogens is 10. The van der Waals surface area contributed by atoms with Crippen molar-refractivity contribution in [3.63, 3.8) is 0 Å². The Hall–Kier alpha value is -0.880. The van der Waals surface area contributed by atoms with E-state index in [1.807, 2.05) is 0 Å². The van der Waals surface area contributed by atoms with Gasteiger partial charge in [-0.15, -0.1) is 0 Å². The normalized spacial score (nSPS) is 15.3. The zero-order valence-corrected chi connectivity index (χ0v) is 13.2. The maximum atomic E-state index is 13.5. The van der Waals surface area contributed by atoms with Gasteiger partial charge in [-0.05, 0) is 18.6 Å². The van der Waals surface area contributed by atoms with E-state index in [1.54, 1.807) is 0 Å². The van der Waals surface area contributed by atoms with Crippen molar-refractivity contribution < 1.29 is 48.7 Å². The predicted molar refractivity (Wildman–Crippen MR) is 70.2 cm³/mol. The Balaban J connectivity index is 4.96. The van der Waals surface area contributed by atoms with Crippen LogP contribution in [0.4, 0.5) is 43.9 Å². The topological polar surface area (TPSA) is 43.1 Å². The molecule has 0 aromatic rings. The Morgan fingerprint density at radius 3 is 1.80 bits per heavy atom. The second-order valence-corrected chi connectivity index (χ2v) is 6.21. The summed E-state index contributed by atoms with van der Waals surface area (Å²) in [6, 6.07) is 0. The highest BCUT2D eigenvalue weighted by Crippen LogP contribution is 2.52. The first-order chi connectivity index (χ1) is 11.0. The van der Waals surface area contributed by atoms with Gasteiger partial charge in [-0.1, -0.05) is 0 Å². The van der Waals surface area contributed by atoms with Gasteiger partial charge in [-0.3, -0.25) is 4.79 Å². The molecule has 0 spiro atoms. The van der Waals surface area contributed by atoms with Crippen molar-refractivity contribution in [2.45, 2.75) is 43.5 Å². The molecule has 0 saturated carbocycles. The van der Waals surface area contributed by atoms with Gasteiger partial charge < -0.3 is 5.73 Å². The first-order valence-corrected chi connectivity index (χ1v) is 7.77. The molecule has 1 unspecified atom stereocenters. The van der Waals surface area contributed by atoms with Gasteiger partial charge in [0, 0.05) is 12.2 Å². The molecule has 0 aliphatic heterocycles. The van der Waals surface area contributed by atoms with Crippen LogP contribution in [0.15, 0.2) is 0 Å². The predicted octanol–water partition coefficient (Wildman–Crippen LogP) is 4.59. The average molecular weight is 410 g/mol. The van der Waals surface area contributed by atoms with E-state index in [9.17, 15) is 48.7 Å². The van der Waals surface area contributed by atoms with E-state index in [4.69, 9.17) is 5.73 Å². The molecule has 0 aliphatic rings. The molecule has 0 bridgehead atoms. The summed E-state index contributed by atoms with van der Waals surface area (Å²) in [4.78, 5) is 10.4. The number of nitrogens with two attached hydrogens (primary N) is 1. The molecule has 0 fully saturated rings. The number of alkyl halides is 10. The Kier molecular flexibility index (Phi) is 8.37. The third kappa shape index (κ3) is 7.48. The summed E-state index contributed by atoms with van der Waals surface area (Å²) < 4.78 is 126. The molecule has 1 radical (unpaired) electrons. The zero-order chi connectivity index (χ0) is 20.1. The molecule has 149 valence electrons. The lowest BCUT2D eigenvalue weighted by atomic mass is 9.87. The molecule has 0 rings (SSSR count). The van der Waals surface area contributed by atoms with Gasteiger partial charge >= 0.3 is 18.5 Å². The summed E-state index contributed by atoms with van der Waals surface area (Å²) in [6.07, 6.45) is -21.8. The molecule has 0 aliphatic carbocycles. The van der Waals surface area contributed by atoms with Crippen molar-refractivity contribution in [2.75, 3.05) is 11.5 Å². The fraction of sp³-hybridized carbons (Fsp3) is 0.833. The van der Waals surface area contributed by atoms with Crippen LogP contribution in [0.2, 0.25) is 0 Å². The zero-order valence-electron chi connectivity index (χ0n) is 12.4. The lowest BCUT2D eigenvalue weighted by molar-refractivity contribution is -0.352. The van der Waals surface area contributed by atoms with Crippen molar-refractivity contribution in [2.24, 2.45) is 11.7 Å². The van der Waals surface area contributed by atoms with Gasteiger partial charge in [0.05, 0.1) is 12.3 Å². The summed E-state index contributed by atoms with van der Waals surface area (Å²) in [6.45, 7) is 0. The first-order valence-electron chi connectivity index (χ1n) is 6.62. The van der Waals surface area contributed by atoms with Gasteiger partial charge in [-0.2, -0.15) is 51.3 Å². The molecule has 1 atom stereocenters. The van der Waals surface area contributed by atoms with E-state index < -0.39 is 55.3 Å². The van der Waals surface area contributed by atoms with Crippen LogP contribution in [-0.4, -0.2) is 41.6 Å². The molecule has 13 heteroatoms. The van der Waals surface area contributed by atoms with Crippen molar-refractivity contribution in [3.05, 3.63) is 6.42 Å². The minimum absolute atomic E-state index is 0.0180. The Morgan fingerprint density at radius 1 is 0.960 bits per heavy atom. The van der Waals surface area contributed by atoms with Crippen LogP contribution in [0.25, 0.3) is 0 Å². The highest BCUT2D eigenvalue weighted by molar-refractivity contribution is 7.99. The SMILES string of the molecule is NC(=O)[CH]CSCCCC(CC(F)(C(F)(F)F)C(F)(F)F)C(F)(F)F. The number of primary amides is 1. The lowest BCUT2D eigenvalue weighted by Gasteiger charge is -2.33. The monoisotopic (exact) mass is 410 g/mol. The second-order valence-electron chi connectivity index (χ2n) is 5.06. The molecule has 0 heterocycles. The van der Waals surface area contributed by atoms with Crippen LogP contribution in [0, 0.1) is 12.3 Å². The maximum absolute atomic E-state index is 13.5. The van der Waals surface area contributed by atoms with Gasteiger partial charge in [0.1, 0.15) is 0 Å². The highest BCUT2D eigenvalue weighted by atomic mass is 32.2. The first kappa shape index (κ1) is 24.1. The molecule has 25 heavy (non-hydrogen) atoms. The van der Waals surface area contributed by atoms with E-state index in [0.717, 1.165) is 18.2 Å². The van der Waals surface area contributed by atoms with E-state index >= 15 is 0 Å². The van der Waals surface area contributed by atoms with Crippen molar-refractivity contribution in [3.8, 4) is 0 Å². The number of hydrogen-bond acceptors (Lipinski definition) is 2. The highest BCUT2D eigenvalue weighted by Gasteiger charge is 2.73. The smallest absolute Gasteiger partial charge is 0.369 e. The fourth-order valence-electron chi connectivity index (χ4n) is 1.77. The van der Waals surface area contributed by atoms with E-state index in [2.05, 4.69) is 0 Å².